The Kier molecular flexibility index (Phi) is 13.2. The molecule has 36 heavy (non-hydrogen) atoms. The van der Waals surface area contributed by atoms with Gasteiger partial charge in [-0.25, -0.2) is 0 Å². The molecule has 3 atom stereocenters. The van der Waals surface area contributed by atoms with Gasteiger partial charge in [-0.2, -0.15) is 0 Å². The average molecular weight is 503 g/mol. The fraction of sp³-hybridized carbons (Fsp3) is 0.593. The number of ether oxygens (including phenoxy) is 1. The molecule has 3 unspecified atom stereocenters. The lowest BCUT2D eigenvalue weighted by molar-refractivity contribution is -0.141. The SMILES string of the molecule is CNCC(=O)NC/C=C/c1ccccc1OCCNC(C(=O)N(C)C(C=O)C(C)O)C1CCCCC1. The van der Waals surface area contributed by atoms with Crippen LogP contribution < -0.4 is 20.7 Å². The van der Waals surface area contributed by atoms with Crippen LogP contribution in [0.15, 0.2) is 30.3 Å². The Balaban J connectivity index is 1.96. The van der Waals surface area contributed by atoms with Gasteiger partial charge < -0.3 is 35.5 Å². The predicted molar refractivity (Wildman–Crippen MR) is 141 cm³/mol. The van der Waals surface area contributed by atoms with Gasteiger partial charge >= 0.3 is 0 Å². The summed E-state index contributed by atoms with van der Waals surface area (Å²) in [5, 5.41) is 18.9. The molecule has 4 N–H and O–H groups in total. The Labute approximate surface area is 214 Å². The van der Waals surface area contributed by atoms with Crippen LogP contribution in [0.4, 0.5) is 0 Å². The zero-order chi connectivity index (χ0) is 26.3. The lowest BCUT2D eigenvalue weighted by atomic mass is 9.83. The summed E-state index contributed by atoms with van der Waals surface area (Å²) in [6, 6.07) is 6.33. The molecule has 9 heteroatoms. The van der Waals surface area contributed by atoms with Crippen LogP contribution in [0.2, 0.25) is 0 Å². The van der Waals surface area contributed by atoms with Gasteiger partial charge in [0.15, 0.2) is 0 Å². The van der Waals surface area contributed by atoms with Gasteiger partial charge in [0, 0.05) is 25.7 Å². The van der Waals surface area contributed by atoms with E-state index in [1.54, 1.807) is 14.1 Å². The molecule has 0 radical (unpaired) electrons. The predicted octanol–water partition coefficient (Wildman–Crippen LogP) is 1.36. The number of likely N-dealkylation sites (N-methyl/N-ethyl adjacent to an activating group) is 2. The van der Waals surface area contributed by atoms with E-state index in [-0.39, 0.29) is 24.3 Å². The van der Waals surface area contributed by atoms with E-state index in [0.29, 0.717) is 31.7 Å². The number of carbonyl (C=O) groups excluding carboxylic acids is 3. The van der Waals surface area contributed by atoms with Crippen molar-refractivity contribution in [3.63, 3.8) is 0 Å². The number of nitrogens with one attached hydrogen (secondary N) is 3. The Hall–Kier alpha value is -2.75. The Bertz CT molecular complexity index is 854. The van der Waals surface area contributed by atoms with Gasteiger partial charge in [-0.1, -0.05) is 49.6 Å². The molecule has 0 bridgehead atoms. The lowest BCUT2D eigenvalue weighted by Crippen LogP contribution is -2.55. The number of nitrogens with zero attached hydrogens (tertiary/aromatic N) is 1. The normalized spacial score (nSPS) is 16.8. The first kappa shape index (κ1) is 29.5. The number of rotatable bonds is 15. The minimum atomic E-state index is -0.937. The minimum Gasteiger partial charge on any atom is -0.492 e. The molecule has 9 nitrogen and oxygen atoms in total. The minimum absolute atomic E-state index is 0.0709. The molecular formula is C27H42N4O5. The highest BCUT2D eigenvalue weighted by Crippen LogP contribution is 2.28. The van der Waals surface area contributed by atoms with Crippen molar-refractivity contribution >= 4 is 24.2 Å². The van der Waals surface area contributed by atoms with Crippen LogP contribution in [0.1, 0.15) is 44.6 Å². The molecule has 0 aliphatic heterocycles. The van der Waals surface area contributed by atoms with Crippen LogP contribution in [0.3, 0.4) is 0 Å². The molecular weight excluding hydrogens is 460 g/mol. The summed E-state index contributed by atoms with van der Waals surface area (Å²) in [6.07, 6.45) is 8.71. The first-order valence-electron chi connectivity index (χ1n) is 12.8. The van der Waals surface area contributed by atoms with Gasteiger partial charge in [-0.05, 0) is 38.8 Å². The first-order chi connectivity index (χ1) is 17.4. The van der Waals surface area contributed by atoms with Crippen LogP contribution in [0, 0.1) is 5.92 Å². The molecule has 0 spiro atoms. The van der Waals surface area contributed by atoms with Crippen molar-refractivity contribution in [1.29, 1.82) is 0 Å². The fourth-order valence-electron chi connectivity index (χ4n) is 4.52. The van der Waals surface area contributed by atoms with Crippen molar-refractivity contribution in [2.24, 2.45) is 5.92 Å². The van der Waals surface area contributed by atoms with Crippen LogP contribution in [-0.2, 0) is 14.4 Å². The maximum absolute atomic E-state index is 13.3. The van der Waals surface area contributed by atoms with Gasteiger partial charge in [-0.3, -0.25) is 9.59 Å². The topological polar surface area (TPSA) is 120 Å². The van der Waals surface area contributed by atoms with E-state index >= 15 is 0 Å². The summed E-state index contributed by atoms with van der Waals surface area (Å²) in [6.45, 7) is 3.03. The van der Waals surface area contributed by atoms with Crippen LogP contribution in [0.5, 0.6) is 5.75 Å². The zero-order valence-corrected chi connectivity index (χ0v) is 21.7. The average Bonchev–Trinajstić information content (AvgIpc) is 2.87. The van der Waals surface area contributed by atoms with E-state index in [4.69, 9.17) is 4.74 Å². The second-order valence-electron chi connectivity index (χ2n) is 9.27. The van der Waals surface area contributed by atoms with Gasteiger partial charge in [0.05, 0.1) is 18.7 Å². The Morgan fingerprint density at radius 2 is 1.94 bits per heavy atom. The van der Waals surface area contributed by atoms with Crippen molar-refractivity contribution in [3.05, 3.63) is 35.9 Å². The second kappa shape index (κ2) is 16.1. The number of aliphatic hydroxyl groups is 1. The zero-order valence-electron chi connectivity index (χ0n) is 21.7. The third-order valence-corrected chi connectivity index (χ3v) is 6.51. The standard InChI is InChI=1S/C27H42N4O5/c1-20(33)23(19-32)31(3)27(35)26(22-11-5-4-6-12-22)30-16-17-36-24-14-8-7-10-21(24)13-9-15-29-25(34)18-28-2/h7-10,13-14,19-20,22-23,26,28,30,33H,4-6,11-12,15-18H2,1-3H3,(H,29,34)/b13-9+. The Morgan fingerprint density at radius 1 is 1.22 bits per heavy atom. The molecule has 0 saturated heterocycles. The summed E-state index contributed by atoms with van der Waals surface area (Å²) in [4.78, 5) is 37.7. The molecule has 2 amide bonds. The van der Waals surface area contributed by atoms with Crippen molar-refractivity contribution in [2.75, 3.05) is 40.3 Å². The van der Waals surface area contributed by atoms with E-state index < -0.39 is 18.2 Å². The number of hydrogen-bond donors (Lipinski definition) is 4. The highest BCUT2D eigenvalue weighted by molar-refractivity contribution is 5.85. The molecule has 1 aliphatic carbocycles. The third-order valence-electron chi connectivity index (χ3n) is 6.51. The van der Waals surface area contributed by atoms with E-state index in [0.717, 1.165) is 31.2 Å². The number of amides is 2. The van der Waals surface area contributed by atoms with Gasteiger partial charge in [0.2, 0.25) is 11.8 Å². The molecule has 1 fully saturated rings. The molecule has 200 valence electrons. The highest BCUT2D eigenvalue weighted by atomic mass is 16.5. The number of hydrogen-bond acceptors (Lipinski definition) is 7. The van der Waals surface area contributed by atoms with E-state index in [1.165, 1.54) is 18.2 Å². The Morgan fingerprint density at radius 3 is 2.61 bits per heavy atom. The number of benzene rings is 1. The molecule has 1 saturated carbocycles. The number of aliphatic hydroxyl groups excluding tert-OH is 1. The lowest BCUT2D eigenvalue weighted by Gasteiger charge is -2.35. The van der Waals surface area contributed by atoms with Gasteiger partial charge in [0.1, 0.15) is 24.7 Å². The van der Waals surface area contributed by atoms with E-state index in [9.17, 15) is 19.5 Å². The fourth-order valence-corrected chi connectivity index (χ4v) is 4.52. The summed E-state index contributed by atoms with van der Waals surface area (Å²) in [5.41, 5.74) is 0.894. The maximum atomic E-state index is 13.3. The van der Waals surface area contributed by atoms with Gasteiger partial charge in [0.25, 0.3) is 0 Å². The monoisotopic (exact) mass is 502 g/mol. The summed E-state index contributed by atoms with van der Waals surface area (Å²) in [5.74, 6) is 0.648. The largest absolute Gasteiger partial charge is 0.492 e. The molecule has 1 aromatic rings. The number of para-hydroxylation sites is 1. The number of aldehydes is 1. The smallest absolute Gasteiger partial charge is 0.240 e. The summed E-state index contributed by atoms with van der Waals surface area (Å²) >= 11 is 0. The van der Waals surface area contributed by atoms with Crippen molar-refractivity contribution in [2.45, 2.75) is 57.2 Å². The van der Waals surface area contributed by atoms with Crippen molar-refractivity contribution in [3.8, 4) is 5.75 Å². The quantitative estimate of drug-likeness (QED) is 0.211. The maximum Gasteiger partial charge on any atom is 0.240 e. The summed E-state index contributed by atoms with van der Waals surface area (Å²) in [7, 11) is 3.30. The highest BCUT2D eigenvalue weighted by Gasteiger charge is 2.34. The van der Waals surface area contributed by atoms with Crippen LogP contribution >= 0.6 is 0 Å². The molecule has 0 aromatic heterocycles. The van der Waals surface area contributed by atoms with Crippen LogP contribution in [-0.4, -0.2) is 86.6 Å². The van der Waals surface area contributed by atoms with Gasteiger partial charge in [-0.15, -0.1) is 0 Å². The van der Waals surface area contributed by atoms with E-state index in [1.807, 2.05) is 36.4 Å². The van der Waals surface area contributed by atoms with E-state index in [2.05, 4.69) is 16.0 Å². The second-order valence-corrected chi connectivity index (χ2v) is 9.27. The molecule has 2 rings (SSSR count). The number of carbonyl (C=O) groups is 3. The molecule has 1 aliphatic rings. The molecule has 0 heterocycles. The molecule has 1 aromatic carbocycles. The summed E-state index contributed by atoms with van der Waals surface area (Å²) < 4.78 is 6.01. The van der Waals surface area contributed by atoms with Crippen LogP contribution in [0.25, 0.3) is 6.08 Å². The van der Waals surface area contributed by atoms with Crippen molar-refractivity contribution < 1.29 is 24.2 Å². The first-order valence-corrected chi connectivity index (χ1v) is 12.8. The third kappa shape index (κ3) is 9.37. The van der Waals surface area contributed by atoms with Crippen molar-refractivity contribution in [1.82, 2.24) is 20.9 Å².